The Morgan fingerprint density at radius 1 is 1.32 bits per heavy atom. The van der Waals surface area contributed by atoms with Crippen LogP contribution in [0.25, 0.3) is 0 Å². The highest BCUT2D eigenvalue weighted by atomic mass is 32.2. The number of pyridine rings is 1. The third-order valence-corrected chi connectivity index (χ3v) is 6.47. The van der Waals surface area contributed by atoms with E-state index < -0.39 is 0 Å². The quantitative estimate of drug-likeness (QED) is 0.798. The van der Waals surface area contributed by atoms with Gasteiger partial charge in [-0.2, -0.15) is 0 Å². The molecule has 1 aromatic heterocycles. The molecule has 0 bridgehead atoms. The van der Waals surface area contributed by atoms with E-state index in [4.69, 9.17) is 4.74 Å². The van der Waals surface area contributed by atoms with Crippen molar-refractivity contribution in [2.75, 3.05) is 36.7 Å². The van der Waals surface area contributed by atoms with Crippen LogP contribution in [0.3, 0.4) is 0 Å². The van der Waals surface area contributed by atoms with Crippen molar-refractivity contribution in [2.45, 2.75) is 36.9 Å². The molecule has 0 spiro atoms. The minimum Gasteiger partial charge on any atom is -0.380 e. The second-order valence-electron chi connectivity index (χ2n) is 7.38. The van der Waals surface area contributed by atoms with Gasteiger partial charge in [0.2, 0.25) is 0 Å². The lowest BCUT2D eigenvalue weighted by molar-refractivity contribution is 0.116. The Balaban J connectivity index is 1.57. The standard InChI is InChI=1S/C21H26N4O2S/c1-14-6-7-16(9-19(14)28-3)23-21(26)24-11-15-5-4-8-22-20(15)25-13-18(27-2)10-17(25)12-24/h4-9,17-18H,10-13H2,1-3H3,(H,23,26). The highest BCUT2D eigenvalue weighted by molar-refractivity contribution is 7.98. The first-order chi connectivity index (χ1) is 13.6. The number of nitrogens with one attached hydrogen (secondary N) is 1. The number of urea groups is 1. The van der Waals surface area contributed by atoms with Gasteiger partial charge in [-0.15, -0.1) is 11.8 Å². The Kier molecular flexibility index (Phi) is 5.46. The highest BCUT2D eigenvalue weighted by Crippen LogP contribution is 2.33. The number of aryl methyl sites for hydroxylation is 1. The number of nitrogens with zero attached hydrogens (tertiary/aromatic N) is 3. The van der Waals surface area contributed by atoms with Crippen LogP contribution in [-0.4, -0.2) is 54.5 Å². The predicted molar refractivity (Wildman–Crippen MR) is 113 cm³/mol. The molecule has 0 aliphatic carbocycles. The smallest absolute Gasteiger partial charge is 0.322 e. The van der Waals surface area contributed by atoms with E-state index in [2.05, 4.69) is 28.2 Å². The number of thioether (sulfide) groups is 1. The Morgan fingerprint density at radius 2 is 2.18 bits per heavy atom. The van der Waals surface area contributed by atoms with Gasteiger partial charge in [-0.3, -0.25) is 0 Å². The summed E-state index contributed by atoms with van der Waals surface area (Å²) in [5.41, 5.74) is 3.12. The number of hydrogen-bond donors (Lipinski definition) is 1. The zero-order chi connectivity index (χ0) is 19.7. The third kappa shape index (κ3) is 3.69. The molecule has 2 amide bonds. The summed E-state index contributed by atoms with van der Waals surface area (Å²) in [5, 5.41) is 3.08. The topological polar surface area (TPSA) is 57.7 Å². The number of carbonyl (C=O) groups excluding carboxylic acids is 1. The summed E-state index contributed by atoms with van der Waals surface area (Å²) in [6, 6.07) is 10.2. The SMILES string of the molecule is COC1CC2CN(C(=O)Nc3ccc(C)c(SC)c3)Cc3cccnc3N2C1. The van der Waals surface area contributed by atoms with E-state index in [1.165, 1.54) is 10.5 Å². The number of carbonyl (C=O) groups is 1. The number of anilines is 2. The maximum Gasteiger partial charge on any atom is 0.322 e. The van der Waals surface area contributed by atoms with Crippen LogP contribution in [0.1, 0.15) is 17.5 Å². The van der Waals surface area contributed by atoms with Crippen molar-refractivity contribution in [1.29, 1.82) is 0 Å². The highest BCUT2D eigenvalue weighted by Gasteiger charge is 2.38. The van der Waals surface area contributed by atoms with Gasteiger partial charge in [-0.1, -0.05) is 12.1 Å². The average molecular weight is 399 g/mol. The molecule has 148 valence electrons. The first-order valence-corrected chi connectivity index (χ1v) is 10.8. The molecule has 28 heavy (non-hydrogen) atoms. The predicted octanol–water partition coefficient (Wildman–Crippen LogP) is 3.75. The lowest BCUT2D eigenvalue weighted by Gasteiger charge is -2.26. The molecule has 2 unspecified atom stereocenters. The van der Waals surface area contributed by atoms with Crippen LogP contribution in [0.5, 0.6) is 0 Å². The van der Waals surface area contributed by atoms with Gasteiger partial charge in [0.15, 0.2) is 0 Å². The van der Waals surface area contributed by atoms with Crippen LogP contribution in [0, 0.1) is 6.92 Å². The lowest BCUT2D eigenvalue weighted by atomic mass is 10.2. The van der Waals surface area contributed by atoms with E-state index in [0.29, 0.717) is 13.1 Å². The Labute approximate surface area is 170 Å². The molecule has 4 rings (SSSR count). The molecule has 2 aliphatic rings. The normalized spacial score (nSPS) is 21.1. The molecule has 2 atom stereocenters. The van der Waals surface area contributed by atoms with Gasteiger partial charge in [0.1, 0.15) is 5.82 Å². The number of aromatic nitrogens is 1. The van der Waals surface area contributed by atoms with Crippen molar-refractivity contribution in [3.05, 3.63) is 47.7 Å². The van der Waals surface area contributed by atoms with Gasteiger partial charge in [0.25, 0.3) is 0 Å². The summed E-state index contributed by atoms with van der Waals surface area (Å²) in [6.45, 7) is 4.11. The van der Waals surface area contributed by atoms with Gasteiger partial charge in [0, 0.05) is 42.5 Å². The summed E-state index contributed by atoms with van der Waals surface area (Å²) in [6.07, 6.45) is 4.94. The molecular formula is C21H26N4O2S. The lowest BCUT2D eigenvalue weighted by Crippen LogP contribution is -2.42. The van der Waals surface area contributed by atoms with Gasteiger partial charge in [-0.25, -0.2) is 9.78 Å². The zero-order valence-electron chi connectivity index (χ0n) is 16.5. The van der Waals surface area contributed by atoms with Gasteiger partial charge in [0.05, 0.1) is 18.7 Å². The van der Waals surface area contributed by atoms with E-state index in [0.717, 1.165) is 30.0 Å². The first kappa shape index (κ1) is 19.1. The number of rotatable bonds is 3. The van der Waals surface area contributed by atoms with Crippen LogP contribution in [0.2, 0.25) is 0 Å². The minimum atomic E-state index is -0.0755. The molecule has 1 saturated heterocycles. The van der Waals surface area contributed by atoms with Gasteiger partial charge < -0.3 is 19.9 Å². The van der Waals surface area contributed by atoms with Crippen molar-refractivity contribution < 1.29 is 9.53 Å². The molecule has 1 aromatic carbocycles. The average Bonchev–Trinajstić information content (AvgIpc) is 3.05. The van der Waals surface area contributed by atoms with E-state index in [1.807, 2.05) is 41.6 Å². The molecule has 7 heteroatoms. The summed E-state index contributed by atoms with van der Waals surface area (Å²) in [4.78, 5) is 23.1. The van der Waals surface area contributed by atoms with Crippen LogP contribution in [0.4, 0.5) is 16.3 Å². The minimum absolute atomic E-state index is 0.0755. The molecule has 0 radical (unpaired) electrons. The number of fused-ring (bicyclic) bond motifs is 3. The molecule has 2 aliphatic heterocycles. The largest absolute Gasteiger partial charge is 0.380 e. The maximum absolute atomic E-state index is 13.1. The Bertz CT molecular complexity index is 875. The summed E-state index contributed by atoms with van der Waals surface area (Å²) < 4.78 is 5.60. The number of amides is 2. The van der Waals surface area contributed by atoms with Crippen molar-refractivity contribution in [2.24, 2.45) is 0 Å². The fourth-order valence-electron chi connectivity index (χ4n) is 4.07. The van der Waals surface area contributed by atoms with Crippen LogP contribution < -0.4 is 10.2 Å². The van der Waals surface area contributed by atoms with Crippen molar-refractivity contribution >= 4 is 29.3 Å². The zero-order valence-corrected chi connectivity index (χ0v) is 17.3. The van der Waals surface area contributed by atoms with Crippen LogP contribution in [-0.2, 0) is 11.3 Å². The van der Waals surface area contributed by atoms with E-state index in [-0.39, 0.29) is 18.2 Å². The van der Waals surface area contributed by atoms with Crippen molar-refractivity contribution in [3.63, 3.8) is 0 Å². The molecule has 0 saturated carbocycles. The molecule has 1 N–H and O–H groups in total. The van der Waals surface area contributed by atoms with Gasteiger partial charge in [-0.05, 0) is 43.4 Å². The number of ether oxygens (including phenoxy) is 1. The molecule has 2 aromatic rings. The van der Waals surface area contributed by atoms with E-state index >= 15 is 0 Å². The fraction of sp³-hybridized carbons (Fsp3) is 0.429. The van der Waals surface area contributed by atoms with Gasteiger partial charge >= 0.3 is 6.03 Å². The second-order valence-corrected chi connectivity index (χ2v) is 8.23. The Hall–Kier alpha value is -2.25. The van der Waals surface area contributed by atoms with Crippen molar-refractivity contribution in [1.82, 2.24) is 9.88 Å². The Morgan fingerprint density at radius 3 is 2.96 bits per heavy atom. The monoisotopic (exact) mass is 398 g/mol. The number of methoxy groups -OCH3 is 1. The van der Waals surface area contributed by atoms with E-state index in [1.54, 1.807) is 18.9 Å². The molecule has 6 nitrogen and oxygen atoms in total. The second kappa shape index (κ2) is 8.01. The molecule has 1 fully saturated rings. The maximum atomic E-state index is 13.1. The third-order valence-electron chi connectivity index (χ3n) is 5.59. The molecular weight excluding hydrogens is 372 g/mol. The number of hydrogen-bond acceptors (Lipinski definition) is 5. The van der Waals surface area contributed by atoms with Crippen LogP contribution >= 0.6 is 11.8 Å². The summed E-state index contributed by atoms with van der Waals surface area (Å²) >= 11 is 1.69. The van der Waals surface area contributed by atoms with Crippen molar-refractivity contribution in [3.8, 4) is 0 Å². The molecule has 3 heterocycles. The van der Waals surface area contributed by atoms with Crippen LogP contribution in [0.15, 0.2) is 41.4 Å². The summed E-state index contributed by atoms with van der Waals surface area (Å²) in [7, 11) is 1.75. The first-order valence-electron chi connectivity index (χ1n) is 9.53. The number of benzene rings is 1. The van der Waals surface area contributed by atoms with E-state index in [9.17, 15) is 4.79 Å². The summed E-state index contributed by atoms with van der Waals surface area (Å²) in [5.74, 6) is 0.974. The fourth-order valence-corrected chi connectivity index (χ4v) is 4.70.